The van der Waals surface area contributed by atoms with Crippen LogP contribution in [-0.4, -0.2) is 5.21 Å². The molecule has 3 rings (SSSR count). The zero-order chi connectivity index (χ0) is 20.3. The third kappa shape index (κ3) is 4.59. The van der Waals surface area contributed by atoms with Gasteiger partial charge < -0.3 is 14.4 Å². The summed E-state index contributed by atoms with van der Waals surface area (Å²) in [7, 11) is 0. The normalized spacial score (nSPS) is 12.5. The molecule has 0 saturated heterocycles. The van der Waals surface area contributed by atoms with Crippen LogP contribution >= 0.6 is 0 Å². The number of hydrogen-bond donors (Lipinski definition) is 2. The van der Waals surface area contributed by atoms with Gasteiger partial charge in [0, 0.05) is 29.1 Å². The Kier molecular flexibility index (Phi) is 6.14. The van der Waals surface area contributed by atoms with Crippen molar-refractivity contribution in [3.05, 3.63) is 74.8 Å². The number of rotatable bonds is 7. The molecule has 0 amide bonds. The quantitative estimate of drug-likeness (QED) is 0.480. The predicted molar refractivity (Wildman–Crippen MR) is 107 cm³/mol. The standard InChI is InChI=1S/C22H25NO5/c1-14(2)4-10-20-15(3)19-11-9-18(12-21(19)28-22(20)24)27-13-16-5-7-17(8-6-16)23(25)26/h5-9,11-12,14,23,25H,4,10,13H2,1-3H3. The van der Waals surface area contributed by atoms with Gasteiger partial charge in [-0.3, -0.25) is 0 Å². The molecule has 2 aromatic carbocycles. The summed E-state index contributed by atoms with van der Waals surface area (Å²) in [6.07, 6.45) is 1.66. The van der Waals surface area contributed by atoms with Gasteiger partial charge in [-0.25, -0.2) is 10.0 Å². The van der Waals surface area contributed by atoms with E-state index in [1.54, 1.807) is 30.3 Å². The van der Waals surface area contributed by atoms with E-state index < -0.39 is 5.23 Å². The summed E-state index contributed by atoms with van der Waals surface area (Å²) >= 11 is 0. The number of quaternary nitrogens is 1. The SMILES string of the molecule is Cc1c(CCC(C)C)c(=O)oc2cc(OCc3ccc([NH+]([O-])O)cc3)ccc12. The van der Waals surface area contributed by atoms with Crippen molar-refractivity contribution < 1.29 is 19.6 Å². The lowest BCUT2D eigenvalue weighted by molar-refractivity contribution is -0.991. The Bertz CT molecular complexity index is 1010. The summed E-state index contributed by atoms with van der Waals surface area (Å²) in [5, 5.41) is 19.8. The van der Waals surface area contributed by atoms with Crippen molar-refractivity contribution in [1.29, 1.82) is 0 Å². The van der Waals surface area contributed by atoms with Crippen LogP contribution in [0.5, 0.6) is 5.75 Å². The van der Waals surface area contributed by atoms with E-state index in [4.69, 9.17) is 14.4 Å². The molecule has 0 aliphatic rings. The van der Waals surface area contributed by atoms with Crippen molar-refractivity contribution in [2.24, 2.45) is 5.92 Å². The number of hydrogen-bond acceptors (Lipinski definition) is 5. The zero-order valence-corrected chi connectivity index (χ0v) is 16.3. The molecule has 1 aromatic heterocycles. The van der Waals surface area contributed by atoms with Crippen LogP contribution in [0.1, 0.15) is 37.0 Å². The summed E-state index contributed by atoms with van der Waals surface area (Å²) in [5.74, 6) is 1.11. The van der Waals surface area contributed by atoms with E-state index in [0.717, 1.165) is 28.5 Å². The monoisotopic (exact) mass is 383 g/mol. The van der Waals surface area contributed by atoms with E-state index in [-0.39, 0.29) is 11.3 Å². The smallest absolute Gasteiger partial charge is 0.339 e. The Morgan fingerprint density at radius 3 is 2.54 bits per heavy atom. The predicted octanol–water partition coefficient (Wildman–Crippen LogP) is 3.67. The number of fused-ring (bicyclic) bond motifs is 1. The molecule has 0 aliphatic heterocycles. The van der Waals surface area contributed by atoms with Crippen LogP contribution in [-0.2, 0) is 13.0 Å². The van der Waals surface area contributed by atoms with Gasteiger partial charge >= 0.3 is 5.63 Å². The van der Waals surface area contributed by atoms with Gasteiger partial charge in [0.1, 0.15) is 17.9 Å². The van der Waals surface area contributed by atoms with Gasteiger partial charge in [-0.05, 0) is 61.1 Å². The molecule has 0 aliphatic carbocycles. The molecule has 1 atom stereocenters. The first-order valence-electron chi connectivity index (χ1n) is 9.36. The Morgan fingerprint density at radius 1 is 1.18 bits per heavy atom. The largest absolute Gasteiger partial charge is 0.595 e. The fourth-order valence-electron chi connectivity index (χ4n) is 3.10. The maximum atomic E-state index is 12.4. The highest BCUT2D eigenvalue weighted by molar-refractivity contribution is 5.82. The second kappa shape index (κ2) is 8.56. The summed E-state index contributed by atoms with van der Waals surface area (Å²) in [6, 6.07) is 12.0. The highest BCUT2D eigenvalue weighted by atomic mass is 16.8. The highest BCUT2D eigenvalue weighted by Crippen LogP contribution is 2.25. The zero-order valence-electron chi connectivity index (χ0n) is 16.3. The van der Waals surface area contributed by atoms with Crippen LogP contribution in [0.2, 0.25) is 0 Å². The minimum Gasteiger partial charge on any atom is -0.595 e. The Labute approximate surface area is 163 Å². The van der Waals surface area contributed by atoms with E-state index >= 15 is 0 Å². The maximum absolute atomic E-state index is 12.4. The molecule has 148 valence electrons. The lowest BCUT2D eigenvalue weighted by Gasteiger charge is -2.12. The molecule has 0 fully saturated rings. The van der Waals surface area contributed by atoms with Crippen molar-refractivity contribution >= 4 is 16.7 Å². The average molecular weight is 383 g/mol. The van der Waals surface area contributed by atoms with Gasteiger partial charge in [0.2, 0.25) is 0 Å². The van der Waals surface area contributed by atoms with Crippen LogP contribution < -0.4 is 15.6 Å². The van der Waals surface area contributed by atoms with Gasteiger partial charge in [-0.2, -0.15) is 5.23 Å². The molecule has 1 unspecified atom stereocenters. The Morgan fingerprint density at radius 2 is 1.89 bits per heavy atom. The van der Waals surface area contributed by atoms with Gasteiger partial charge in [0.25, 0.3) is 0 Å². The van der Waals surface area contributed by atoms with E-state index in [0.29, 0.717) is 30.3 Å². The van der Waals surface area contributed by atoms with Crippen molar-refractivity contribution in [3.8, 4) is 5.75 Å². The first-order valence-corrected chi connectivity index (χ1v) is 9.36. The molecular formula is C22H25NO5. The molecule has 3 aromatic rings. The lowest BCUT2D eigenvalue weighted by atomic mass is 9.98. The molecule has 0 spiro atoms. The summed E-state index contributed by atoms with van der Waals surface area (Å²) < 4.78 is 11.3. The lowest BCUT2D eigenvalue weighted by Crippen LogP contribution is -2.99. The molecular weight excluding hydrogens is 358 g/mol. The second-order valence-electron chi connectivity index (χ2n) is 7.37. The van der Waals surface area contributed by atoms with Crippen LogP contribution in [0.3, 0.4) is 0 Å². The van der Waals surface area contributed by atoms with Gasteiger partial charge in [0.05, 0.1) is 0 Å². The van der Waals surface area contributed by atoms with Crippen LogP contribution in [0.4, 0.5) is 5.69 Å². The second-order valence-corrected chi connectivity index (χ2v) is 7.37. The molecule has 0 saturated carbocycles. The first kappa shape index (κ1) is 20.1. The third-order valence-electron chi connectivity index (χ3n) is 4.84. The average Bonchev–Trinajstić information content (AvgIpc) is 2.66. The Balaban J connectivity index is 1.78. The van der Waals surface area contributed by atoms with Crippen LogP contribution in [0.15, 0.2) is 51.7 Å². The summed E-state index contributed by atoms with van der Waals surface area (Å²) in [5.41, 5.74) is 3.02. The molecule has 0 radical (unpaired) electrons. The highest BCUT2D eigenvalue weighted by Gasteiger charge is 2.12. The fourth-order valence-corrected chi connectivity index (χ4v) is 3.10. The maximum Gasteiger partial charge on any atom is 0.339 e. The minimum absolute atomic E-state index is 0.236. The number of benzene rings is 2. The van der Waals surface area contributed by atoms with E-state index in [1.165, 1.54) is 0 Å². The number of aryl methyl sites for hydroxylation is 1. The molecule has 2 N–H and O–H groups in total. The summed E-state index contributed by atoms with van der Waals surface area (Å²) in [6.45, 7) is 6.52. The molecule has 0 bridgehead atoms. The number of ether oxygens (including phenoxy) is 1. The number of nitrogens with one attached hydrogen (secondary N) is 1. The Hall–Kier alpha value is -2.67. The van der Waals surface area contributed by atoms with Crippen molar-refractivity contribution in [2.45, 2.75) is 40.2 Å². The van der Waals surface area contributed by atoms with Gasteiger partial charge in [-0.1, -0.05) is 13.8 Å². The van der Waals surface area contributed by atoms with E-state index in [1.807, 2.05) is 19.1 Å². The molecule has 6 heteroatoms. The van der Waals surface area contributed by atoms with Crippen molar-refractivity contribution in [3.63, 3.8) is 0 Å². The molecule has 1 heterocycles. The van der Waals surface area contributed by atoms with E-state index in [9.17, 15) is 10.0 Å². The molecule has 28 heavy (non-hydrogen) atoms. The minimum atomic E-state index is -0.958. The first-order chi connectivity index (χ1) is 13.3. The summed E-state index contributed by atoms with van der Waals surface area (Å²) in [4.78, 5) is 12.4. The topological polar surface area (TPSA) is 87.2 Å². The third-order valence-corrected chi connectivity index (χ3v) is 4.84. The van der Waals surface area contributed by atoms with Gasteiger partial charge in [0.15, 0.2) is 5.69 Å². The fraction of sp³-hybridized carbons (Fsp3) is 0.318. The van der Waals surface area contributed by atoms with Crippen molar-refractivity contribution in [2.75, 3.05) is 0 Å². The van der Waals surface area contributed by atoms with E-state index in [2.05, 4.69) is 13.8 Å². The van der Waals surface area contributed by atoms with Crippen LogP contribution in [0, 0.1) is 18.0 Å². The van der Waals surface area contributed by atoms with Crippen molar-refractivity contribution in [1.82, 2.24) is 0 Å². The van der Waals surface area contributed by atoms with Crippen LogP contribution in [0.25, 0.3) is 11.0 Å². The van der Waals surface area contributed by atoms with Gasteiger partial charge in [-0.15, -0.1) is 0 Å². The molecule has 6 nitrogen and oxygen atoms in total.